The fourth-order valence-electron chi connectivity index (χ4n) is 2.20. The van der Waals surface area contributed by atoms with E-state index in [0.29, 0.717) is 28.2 Å². The summed E-state index contributed by atoms with van der Waals surface area (Å²) < 4.78 is 6.45. The van der Waals surface area contributed by atoms with Crippen LogP contribution in [0.5, 0.6) is 0 Å². The van der Waals surface area contributed by atoms with Crippen LogP contribution in [0.3, 0.4) is 0 Å². The number of esters is 1. The highest BCUT2D eigenvalue weighted by Gasteiger charge is 2.17. The van der Waals surface area contributed by atoms with Gasteiger partial charge in [-0.2, -0.15) is 0 Å². The second-order valence-corrected chi connectivity index (χ2v) is 5.63. The number of carbonyl (C=O) groups is 2. The van der Waals surface area contributed by atoms with Gasteiger partial charge in [0, 0.05) is 12.1 Å². The maximum absolute atomic E-state index is 12.4. The largest absolute Gasteiger partial charge is 0.465 e. The van der Waals surface area contributed by atoms with Crippen molar-refractivity contribution in [2.75, 3.05) is 12.4 Å². The molecular formula is C15H14N4O3S. The van der Waals surface area contributed by atoms with Gasteiger partial charge in [0.05, 0.1) is 18.3 Å². The standard InChI is InChI=1S/C15H14N4O3S/c1-3-19-12-5-4-9(8-11(12)17-18-19)14(20)16-10-6-7-23-13(10)15(21)22-2/h4-8H,3H2,1-2H3,(H,16,20). The summed E-state index contributed by atoms with van der Waals surface area (Å²) in [5, 5.41) is 12.5. The zero-order chi connectivity index (χ0) is 16.4. The molecule has 2 heterocycles. The van der Waals surface area contributed by atoms with E-state index < -0.39 is 5.97 Å². The molecule has 0 saturated heterocycles. The van der Waals surface area contributed by atoms with Crippen LogP contribution in [0.2, 0.25) is 0 Å². The van der Waals surface area contributed by atoms with Crippen molar-refractivity contribution in [3.63, 3.8) is 0 Å². The van der Waals surface area contributed by atoms with E-state index >= 15 is 0 Å². The molecule has 0 spiro atoms. The summed E-state index contributed by atoms with van der Waals surface area (Å²) in [4.78, 5) is 24.4. The number of benzene rings is 1. The summed E-state index contributed by atoms with van der Waals surface area (Å²) in [7, 11) is 1.30. The first-order valence-electron chi connectivity index (χ1n) is 6.94. The lowest BCUT2D eigenvalue weighted by molar-refractivity contribution is 0.0607. The van der Waals surface area contributed by atoms with Crippen LogP contribution >= 0.6 is 11.3 Å². The van der Waals surface area contributed by atoms with Gasteiger partial charge in [0.15, 0.2) is 0 Å². The molecule has 3 aromatic rings. The minimum atomic E-state index is -0.475. The molecule has 0 aliphatic rings. The van der Waals surface area contributed by atoms with Gasteiger partial charge in [-0.15, -0.1) is 16.4 Å². The molecule has 2 aromatic heterocycles. The monoisotopic (exact) mass is 330 g/mol. The highest BCUT2D eigenvalue weighted by atomic mass is 32.1. The van der Waals surface area contributed by atoms with E-state index in [2.05, 4.69) is 15.6 Å². The Labute approximate surface area is 135 Å². The number of carbonyl (C=O) groups excluding carboxylic acids is 2. The Morgan fingerprint density at radius 3 is 2.91 bits per heavy atom. The van der Waals surface area contributed by atoms with Crippen molar-refractivity contribution in [1.29, 1.82) is 0 Å². The van der Waals surface area contributed by atoms with Crippen molar-refractivity contribution >= 4 is 39.9 Å². The molecule has 0 bridgehead atoms. The number of fused-ring (bicyclic) bond motifs is 1. The molecule has 1 aromatic carbocycles. The molecule has 0 aliphatic carbocycles. The number of aryl methyl sites for hydroxylation is 1. The zero-order valence-electron chi connectivity index (χ0n) is 12.6. The Kier molecular flexibility index (Phi) is 4.07. The summed E-state index contributed by atoms with van der Waals surface area (Å²) in [6.07, 6.45) is 0. The SMILES string of the molecule is CCn1nnc2cc(C(=O)Nc3ccsc3C(=O)OC)ccc21. The highest BCUT2D eigenvalue weighted by Crippen LogP contribution is 2.24. The summed E-state index contributed by atoms with van der Waals surface area (Å²) in [6, 6.07) is 6.86. The summed E-state index contributed by atoms with van der Waals surface area (Å²) in [5.41, 5.74) is 2.40. The predicted octanol–water partition coefficient (Wildman–Crippen LogP) is 2.55. The molecule has 8 heteroatoms. The van der Waals surface area contributed by atoms with Gasteiger partial charge in [0.1, 0.15) is 10.4 Å². The number of aromatic nitrogens is 3. The topological polar surface area (TPSA) is 86.1 Å². The first-order valence-corrected chi connectivity index (χ1v) is 7.82. The summed E-state index contributed by atoms with van der Waals surface area (Å²) in [5.74, 6) is -0.793. The van der Waals surface area contributed by atoms with Crippen molar-refractivity contribution in [2.24, 2.45) is 0 Å². The number of nitrogens with zero attached hydrogens (tertiary/aromatic N) is 3. The molecule has 0 atom stereocenters. The van der Waals surface area contributed by atoms with Crippen LogP contribution in [-0.2, 0) is 11.3 Å². The Morgan fingerprint density at radius 2 is 2.17 bits per heavy atom. The molecular weight excluding hydrogens is 316 g/mol. The number of amides is 1. The molecule has 0 aliphatic heterocycles. The van der Waals surface area contributed by atoms with E-state index in [-0.39, 0.29) is 5.91 Å². The Bertz CT molecular complexity index is 884. The quantitative estimate of drug-likeness (QED) is 0.743. The van der Waals surface area contributed by atoms with E-state index in [9.17, 15) is 9.59 Å². The van der Waals surface area contributed by atoms with Gasteiger partial charge in [0.2, 0.25) is 0 Å². The van der Waals surface area contributed by atoms with Crippen LogP contribution in [0.4, 0.5) is 5.69 Å². The lowest BCUT2D eigenvalue weighted by Crippen LogP contribution is -2.14. The lowest BCUT2D eigenvalue weighted by Gasteiger charge is -2.06. The molecule has 1 amide bonds. The van der Waals surface area contributed by atoms with Crippen LogP contribution in [0.25, 0.3) is 11.0 Å². The fraction of sp³-hybridized carbons (Fsp3) is 0.200. The van der Waals surface area contributed by atoms with Gasteiger partial charge in [0.25, 0.3) is 5.91 Å². The fourth-order valence-corrected chi connectivity index (χ4v) is 2.97. The van der Waals surface area contributed by atoms with Gasteiger partial charge >= 0.3 is 5.97 Å². The van der Waals surface area contributed by atoms with Crippen molar-refractivity contribution in [1.82, 2.24) is 15.0 Å². The second kappa shape index (κ2) is 6.17. The van der Waals surface area contributed by atoms with E-state index in [1.807, 2.05) is 13.0 Å². The molecule has 118 valence electrons. The summed E-state index contributed by atoms with van der Waals surface area (Å²) in [6.45, 7) is 2.68. The normalized spacial score (nSPS) is 10.7. The highest BCUT2D eigenvalue weighted by molar-refractivity contribution is 7.12. The van der Waals surface area contributed by atoms with Crippen LogP contribution in [0, 0.1) is 0 Å². The smallest absolute Gasteiger partial charge is 0.350 e. The number of ether oxygens (including phenoxy) is 1. The number of hydrogen-bond acceptors (Lipinski definition) is 6. The van der Waals surface area contributed by atoms with E-state index in [1.165, 1.54) is 18.4 Å². The van der Waals surface area contributed by atoms with Crippen LogP contribution in [-0.4, -0.2) is 34.0 Å². The maximum atomic E-state index is 12.4. The molecule has 0 unspecified atom stereocenters. The molecule has 0 saturated carbocycles. The third-order valence-corrected chi connectivity index (χ3v) is 4.25. The van der Waals surface area contributed by atoms with E-state index in [0.717, 1.165) is 5.52 Å². The van der Waals surface area contributed by atoms with Gasteiger partial charge in [-0.3, -0.25) is 4.79 Å². The van der Waals surface area contributed by atoms with Crippen molar-refractivity contribution in [3.05, 3.63) is 40.1 Å². The third-order valence-electron chi connectivity index (χ3n) is 3.36. The lowest BCUT2D eigenvalue weighted by atomic mass is 10.2. The molecule has 3 rings (SSSR count). The predicted molar refractivity (Wildman–Crippen MR) is 86.8 cm³/mol. The maximum Gasteiger partial charge on any atom is 0.350 e. The van der Waals surface area contributed by atoms with E-state index in [4.69, 9.17) is 4.74 Å². The van der Waals surface area contributed by atoms with Crippen LogP contribution in [0.1, 0.15) is 27.0 Å². The minimum Gasteiger partial charge on any atom is -0.465 e. The van der Waals surface area contributed by atoms with Gasteiger partial charge in [-0.1, -0.05) is 5.21 Å². The van der Waals surface area contributed by atoms with Crippen LogP contribution < -0.4 is 5.32 Å². The van der Waals surface area contributed by atoms with Crippen molar-refractivity contribution < 1.29 is 14.3 Å². The molecule has 7 nitrogen and oxygen atoms in total. The molecule has 23 heavy (non-hydrogen) atoms. The summed E-state index contributed by atoms with van der Waals surface area (Å²) >= 11 is 1.21. The van der Waals surface area contributed by atoms with Gasteiger partial charge in [-0.25, -0.2) is 9.48 Å². The second-order valence-electron chi connectivity index (χ2n) is 4.72. The number of methoxy groups -OCH3 is 1. The number of thiophene rings is 1. The first kappa shape index (κ1) is 15.2. The Balaban J connectivity index is 1.86. The average Bonchev–Trinajstić information content (AvgIpc) is 3.19. The number of anilines is 1. The molecule has 1 N–H and O–H groups in total. The number of hydrogen-bond donors (Lipinski definition) is 1. The Morgan fingerprint density at radius 1 is 1.35 bits per heavy atom. The van der Waals surface area contributed by atoms with Crippen LogP contribution in [0.15, 0.2) is 29.6 Å². The number of nitrogens with one attached hydrogen (secondary N) is 1. The molecule has 0 fully saturated rings. The average molecular weight is 330 g/mol. The van der Waals surface area contributed by atoms with E-state index in [1.54, 1.807) is 28.3 Å². The minimum absolute atomic E-state index is 0.318. The third kappa shape index (κ3) is 2.80. The van der Waals surface area contributed by atoms with Crippen molar-refractivity contribution in [2.45, 2.75) is 13.5 Å². The van der Waals surface area contributed by atoms with Gasteiger partial charge < -0.3 is 10.1 Å². The first-order chi connectivity index (χ1) is 11.1. The zero-order valence-corrected chi connectivity index (χ0v) is 13.4. The number of rotatable bonds is 4. The van der Waals surface area contributed by atoms with Gasteiger partial charge in [-0.05, 0) is 36.6 Å². The Hall–Kier alpha value is -2.74. The molecule has 0 radical (unpaired) electrons. The van der Waals surface area contributed by atoms with Crippen molar-refractivity contribution in [3.8, 4) is 0 Å².